The summed E-state index contributed by atoms with van der Waals surface area (Å²) in [4.78, 5) is 10.8. The van der Waals surface area contributed by atoms with Crippen molar-refractivity contribution in [3.63, 3.8) is 0 Å². The summed E-state index contributed by atoms with van der Waals surface area (Å²) in [6, 6.07) is 7.50. The van der Waals surface area contributed by atoms with E-state index in [0.717, 1.165) is 30.8 Å². The van der Waals surface area contributed by atoms with Crippen LogP contribution < -0.4 is 10.8 Å². The highest BCUT2D eigenvalue weighted by Crippen LogP contribution is 2.07. The molecule has 84 valence electrons. The third-order valence-electron chi connectivity index (χ3n) is 2.33. The van der Waals surface area contributed by atoms with E-state index >= 15 is 0 Å². The largest absolute Gasteiger partial charge is 0.493 e. The van der Waals surface area contributed by atoms with Gasteiger partial charge in [0.05, 0.1) is 0 Å². The molecule has 0 aliphatic carbocycles. The zero-order valence-corrected chi connectivity index (χ0v) is 9.23. The van der Waals surface area contributed by atoms with Crippen molar-refractivity contribution in [3.8, 4) is 0 Å². The second kappa shape index (κ2) is 5.14. The van der Waals surface area contributed by atoms with Crippen molar-refractivity contribution < 1.29 is 14.1 Å². The van der Waals surface area contributed by atoms with Gasteiger partial charge in [-0.1, -0.05) is 12.1 Å². The van der Waals surface area contributed by atoms with Crippen molar-refractivity contribution in [3.05, 3.63) is 24.3 Å². The molecule has 0 spiro atoms. The van der Waals surface area contributed by atoms with Crippen LogP contribution in [0.25, 0.3) is 0 Å². The minimum Gasteiger partial charge on any atom is -0.407 e. The highest BCUT2D eigenvalue weighted by molar-refractivity contribution is 6.61. The Bertz CT molecular complexity index is 360. The molecule has 0 saturated carbocycles. The highest BCUT2D eigenvalue weighted by atomic mass is 16.6. The van der Waals surface area contributed by atoms with Crippen LogP contribution in [0.3, 0.4) is 0 Å². The number of benzene rings is 1. The molecular formula is C11H14BNO3. The number of rotatable bonds is 2. The van der Waals surface area contributed by atoms with Crippen LogP contribution >= 0.6 is 0 Å². The Balaban J connectivity index is 2.03. The number of amides is 1. The fourth-order valence-corrected chi connectivity index (χ4v) is 1.61. The van der Waals surface area contributed by atoms with E-state index in [-0.39, 0.29) is 13.0 Å². The lowest BCUT2D eigenvalue weighted by Crippen LogP contribution is -2.40. The molecule has 0 aromatic heterocycles. The minimum atomic E-state index is -0.264. The molecule has 1 aromatic carbocycles. The maximum Gasteiger partial charge on any atom is 0.493 e. The lowest BCUT2D eigenvalue weighted by Gasteiger charge is -2.19. The smallest absolute Gasteiger partial charge is 0.407 e. The molecule has 4 nitrogen and oxygen atoms in total. The molecule has 0 bridgehead atoms. The number of hydrogen-bond donors (Lipinski definition) is 1. The first-order chi connectivity index (χ1) is 7.75. The van der Waals surface area contributed by atoms with Crippen LogP contribution in [0.2, 0.25) is 0 Å². The van der Waals surface area contributed by atoms with E-state index in [0.29, 0.717) is 0 Å². The molecule has 0 radical (unpaired) electrons. The summed E-state index contributed by atoms with van der Waals surface area (Å²) in [5, 5.41) is 2.71. The molecule has 1 aromatic rings. The Kier molecular flexibility index (Phi) is 3.59. The van der Waals surface area contributed by atoms with E-state index in [1.54, 1.807) is 0 Å². The lowest BCUT2D eigenvalue weighted by molar-refractivity contribution is -0.114. The van der Waals surface area contributed by atoms with Crippen LogP contribution in [0.4, 0.5) is 5.69 Å². The van der Waals surface area contributed by atoms with E-state index in [9.17, 15) is 4.79 Å². The predicted molar refractivity (Wildman–Crippen MR) is 62.7 cm³/mol. The summed E-state index contributed by atoms with van der Waals surface area (Å²) < 4.78 is 11.0. The monoisotopic (exact) mass is 219 g/mol. The van der Waals surface area contributed by atoms with E-state index in [1.807, 2.05) is 24.3 Å². The van der Waals surface area contributed by atoms with Crippen LogP contribution in [0.1, 0.15) is 13.3 Å². The summed E-state index contributed by atoms with van der Waals surface area (Å²) in [5.41, 5.74) is 1.76. The molecular weight excluding hydrogens is 205 g/mol. The number of anilines is 1. The van der Waals surface area contributed by atoms with Crippen LogP contribution in [0.15, 0.2) is 24.3 Å². The van der Waals surface area contributed by atoms with Crippen molar-refractivity contribution in [2.24, 2.45) is 0 Å². The van der Waals surface area contributed by atoms with Gasteiger partial charge >= 0.3 is 7.12 Å². The van der Waals surface area contributed by atoms with Crippen molar-refractivity contribution in [2.75, 3.05) is 18.5 Å². The first-order valence-electron chi connectivity index (χ1n) is 5.36. The fraction of sp³-hybridized carbons (Fsp3) is 0.364. The topological polar surface area (TPSA) is 47.6 Å². The summed E-state index contributed by atoms with van der Waals surface area (Å²) in [7, 11) is -0.264. The van der Waals surface area contributed by atoms with Gasteiger partial charge in [-0.2, -0.15) is 0 Å². The molecule has 1 aliphatic rings. The van der Waals surface area contributed by atoms with Gasteiger partial charge in [0, 0.05) is 25.8 Å². The standard InChI is InChI=1S/C11H14BNO3/c1-9(14)13-11-5-3-10(4-6-11)12-15-7-2-8-16-12/h3-6H,2,7-8H2,1H3,(H,13,14). The molecule has 0 unspecified atom stereocenters. The molecule has 0 atom stereocenters. The summed E-state index contributed by atoms with van der Waals surface area (Å²) in [5.74, 6) is -0.0714. The quantitative estimate of drug-likeness (QED) is 0.747. The van der Waals surface area contributed by atoms with E-state index in [4.69, 9.17) is 9.31 Å². The van der Waals surface area contributed by atoms with Gasteiger partial charge < -0.3 is 14.6 Å². The van der Waals surface area contributed by atoms with Crippen LogP contribution in [-0.4, -0.2) is 26.2 Å². The van der Waals surface area contributed by atoms with Crippen molar-refractivity contribution in [2.45, 2.75) is 13.3 Å². The lowest BCUT2D eigenvalue weighted by atomic mass is 9.78. The maximum absolute atomic E-state index is 10.8. The third-order valence-corrected chi connectivity index (χ3v) is 2.33. The predicted octanol–water partition coefficient (Wildman–Crippen LogP) is 0.777. The Morgan fingerprint density at radius 2 is 1.88 bits per heavy atom. The van der Waals surface area contributed by atoms with E-state index in [2.05, 4.69) is 5.32 Å². The molecule has 1 amide bonds. The number of nitrogens with one attached hydrogen (secondary N) is 1. The van der Waals surface area contributed by atoms with Crippen LogP contribution in [-0.2, 0) is 14.1 Å². The van der Waals surface area contributed by atoms with Gasteiger partial charge in [-0.15, -0.1) is 0 Å². The van der Waals surface area contributed by atoms with Gasteiger partial charge in [-0.25, -0.2) is 0 Å². The summed E-state index contributed by atoms with van der Waals surface area (Å²) in [6.07, 6.45) is 0.945. The molecule has 1 saturated heterocycles. The summed E-state index contributed by atoms with van der Waals surface area (Å²) in [6.45, 7) is 2.96. The Hall–Kier alpha value is -1.33. The average Bonchev–Trinajstić information content (AvgIpc) is 2.30. The second-order valence-corrected chi connectivity index (χ2v) is 3.73. The average molecular weight is 219 g/mol. The zero-order valence-electron chi connectivity index (χ0n) is 9.23. The first kappa shape index (κ1) is 11.2. The van der Waals surface area contributed by atoms with E-state index < -0.39 is 0 Å². The van der Waals surface area contributed by atoms with Crippen LogP contribution in [0.5, 0.6) is 0 Å². The fourth-order valence-electron chi connectivity index (χ4n) is 1.61. The molecule has 1 N–H and O–H groups in total. The first-order valence-corrected chi connectivity index (χ1v) is 5.36. The number of carbonyl (C=O) groups is 1. The Morgan fingerprint density at radius 1 is 1.25 bits per heavy atom. The molecule has 16 heavy (non-hydrogen) atoms. The van der Waals surface area contributed by atoms with Crippen molar-refractivity contribution in [1.29, 1.82) is 0 Å². The van der Waals surface area contributed by atoms with Gasteiger partial charge in [0.25, 0.3) is 0 Å². The molecule has 1 aliphatic heterocycles. The molecule has 5 heteroatoms. The molecule has 2 rings (SSSR count). The molecule has 1 heterocycles. The Morgan fingerprint density at radius 3 is 2.44 bits per heavy atom. The zero-order chi connectivity index (χ0) is 11.4. The number of carbonyl (C=O) groups excluding carboxylic acids is 1. The maximum atomic E-state index is 10.8. The number of hydrogen-bond acceptors (Lipinski definition) is 3. The normalized spacial score (nSPS) is 15.9. The van der Waals surface area contributed by atoms with Gasteiger partial charge in [-0.05, 0) is 24.0 Å². The van der Waals surface area contributed by atoms with Gasteiger partial charge in [-0.3, -0.25) is 4.79 Å². The van der Waals surface area contributed by atoms with Crippen LogP contribution in [0, 0.1) is 0 Å². The van der Waals surface area contributed by atoms with Crippen molar-refractivity contribution >= 4 is 24.2 Å². The second-order valence-electron chi connectivity index (χ2n) is 3.73. The highest BCUT2D eigenvalue weighted by Gasteiger charge is 2.23. The van der Waals surface area contributed by atoms with Gasteiger partial charge in [0.15, 0.2) is 0 Å². The Labute approximate surface area is 95.1 Å². The summed E-state index contributed by atoms with van der Waals surface area (Å²) >= 11 is 0. The minimum absolute atomic E-state index is 0.0714. The SMILES string of the molecule is CC(=O)Nc1ccc(B2OCCCO2)cc1. The third kappa shape index (κ3) is 2.84. The van der Waals surface area contributed by atoms with Gasteiger partial charge in [0.1, 0.15) is 0 Å². The molecule has 1 fully saturated rings. The van der Waals surface area contributed by atoms with E-state index in [1.165, 1.54) is 6.92 Å². The van der Waals surface area contributed by atoms with Gasteiger partial charge in [0.2, 0.25) is 5.91 Å². The van der Waals surface area contributed by atoms with Crippen molar-refractivity contribution in [1.82, 2.24) is 0 Å².